The summed E-state index contributed by atoms with van der Waals surface area (Å²) >= 11 is 0. The van der Waals surface area contributed by atoms with Crippen LogP contribution in [0.3, 0.4) is 0 Å². The van der Waals surface area contributed by atoms with Crippen LogP contribution >= 0.6 is 0 Å². The highest BCUT2D eigenvalue weighted by Gasteiger charge is 2.14. The lowest BCUT2D eigenvalue weighted by Gasteiger charge is -2.13. The van der Waals surface area contributed by atoms with E-state index in [1.165, 1.54) is 5.56 Å². The van der Waals surface area contributed by atoms with Crippen LogP contribution in [0.15, 0.2) is 54.6 Å². The second kappa shape index (κ2) is 14.5. The fourth-order valence-electron chi connectivity index (χ4n) is 2.01. The van der Waals surface area contributed by atoms with E-state index in [4.69, 9.17) is 13.6 Å². The largest absolute Gasteiger partial charge is 0.420 e. The summed E-state index contributed by atoms with van der Waals surface area (Å²) in [7, 11) is -1.61. The first-order valence-electron chi connectivity index (χ1n) is 8.77. The Morgan fingerprint density at radius 2 is 1.96 bits per heavy atom. The number of allylic oxidation sites excluding steroid dienone is 3. The molecule has 0 amide bonds. The summed E-state index contributed by atoms with van der Waals surface area (Å²) in [4.78, 5) is 21.1. The van der Waals surface area contributed by atoms with Crippen molar-refractivity contribution in [3.63, 3.8) is 0 Å². The summed E-state index contributed by atoms with van der Waals surface area (Å²) < 4.78 is 15.9. The van der Waals surface area contributed by atoms with E-state index >= 15 is 0 Å². The molecule has 1 unspecified atom stereocenters. The topological polar surface area (TPSA) is 61.8 Å². The average Bonchev–Trinajstić information content (AvgIpc) is 2.65. The summed E-state index contributed by atoms with van der Waals surface area (Å²) in [6.07, 6.45) is 8.54. The van der Waals surface area contributed by atoms with E-state index in [0.29, 0.717) is 19.4 Å². The Bertz CT molecular complexity index is 573. The van der Waals surface area contributed by atoms with Crippen molar-refractivity contribution >= 4 is 30.9 Å². The zero-order chi connectivity index (χ0) is 19.0. The number of ketones is 1. The summed E-state index contributed by atoms with van der Waals surface area (Å²) in [5, 5.41) is 0. The van der Waals surface area contributed by atoms with Gasteiger partial charge in [-0.05, 0) is 24.7 Å². The van der Waals surface area contributed by atoms with Gasteiger partial charge in [0.1, 0.15) is 12.9 Å². The molecule has 0 spiro atoms. The lowest BCUT2D eigenvalue weighted by atomic mass is 10.0. The third kappa shape index (κ3) is 11.1. The molecular formula is C19H28O5Si2. The van der Waals surface area contributed by atoms with E-state index in [1.54, 1.807) is 12.2 Å². The van der Waals surface area contributed by atoms with Gasteiger partial charge < -0.3 is 18.4 Å². The van der Waals surface area contributed by atoms with Gasteiger partial charge in [0.25, 0.3) is 0 Å². The van der Waals surface area contributed by atoms with Gasteiger partial charge in [0.15, 0.2) is 24.6 Å². The van der Waals surface area contributed by atoms with Gasteiger partial charge in [0.05, 0.1) is 18.8 Å². The van der Waals surface area contributed by atoms with Crippen LogP contribution in [-0.4, -0.2) is 50.3 Å². The Hall–Kier alpha value is -1.65. The molecule has 26 heavy (non-hydrogen) atoms. The van der Waals surface area contributed by atoms with Crippen LogP contribution < -0.4 is 0 Å². The van der Waals surface area contributed by atoms with Crippen LogP contribution in [0.4, 0.5) is 0 Å². The molecule has 0 heterocycles. The minimum atomic E-state index is -0.979. The van der Waals surface area contributed by atoms with Crippen molar-refractivity contribution in [2.75, 3.05) is 19.4 Å². The first-order valence-corrected chi connectivity index (χ1v) is 13.1. The van der Waals surface area contributed by atoms with E-state index in [-0.39, 0.29) is 18.3 Å². The van der Waals surface area contributed by atoms with Crippen LogP contribution in [0.2, 0.25) is 13.1 Å². The second-order valence-corrected chi connectivity index (χ2v) is 9.57. The fourth-order valence-corrected chi connectivity index (χ4v) is 3.39. The van der Waals surface area contributed by atoms with E-state index in [0.717, 1.165) is 6.29 Å². The highest BCUT2D eigenvalue weighted by molar-refractivity contribution is 6.48. The van der Waals surface area contributed by atoms with Crippen molar-refractivity contribution in [1.82, 2.24) is 0 Å². The number of benzene rings is 1. The molecule has 0 fully saturated rings. The summed E-state index contributed by atoms with van der Waals surface area (Å²) in [5.41, 5.74) is 1.18. The third-order valence-electron chi connectivity index (χ3n) is 3.36. The van der Waals surface area contributed by atoms with Gasteiger partial charge in [-0.2, -0.15) is 0 Å². The molecular weight excluding hydrogens is 364 g/mol. The molecule has 0 bridgehead atoms. The van der Waals surface area contributed by atoms with Crippen LogP contribution in [0.5, 0.6) is 0 Å². The Balaban J connectivity index is 0.000000263. The monoisotopic (exact) mass is 392 g/mol. The number of carbonyl (C=O) groups is 2. The molecule has 1 aliphatic rings. The molecule has 1 aromatic carbocycles. The predicted molar refractivity (Wildman–Crippen MR) is 108 cm³/mol. The second-order valence-electron chi connectivity index (χ2n) is 5.91. The van der Waals surface area contributed by atoms with Crippen molar-refractivity contribution in [3.8, 4) is 0 Å². The molecule has 0 saturated carbocycles. The lowest BCUT2D eigenvalue weighted by molar-refractivity contribution is -0.117. The van der Waals surface area contributed by atoms with Gasteiger partial charge in [-0.25, -0.2) is 0 Å². The number of rotatable bonds is 10. The lowest BCUT2D eigenvalue weighted by Crippen LogP contribution is -2.21. The smallest absolute Gasteiger partial charge is 0.187 e. The van der Waals surface area contributed by atoms with Crippen molar-refractivity contribution in [2.45, 2.75) is 19.7 Å². The maximum atomic E-state index is 11.2. The van der Waals surface area contributed by atoms with Crippen LogP contribution in [0.25, 0.3) is 0 Å². The molecule has 0 aliphatic heterocycles. The minimum Gasteiger partial charge on any atom is -0.420 e. The van der Waals surface area contributed by atoms with Gasteiger partial charge in [-0.3, -0.25) is 4.79 Å². The molecule has 1 aliphatic carbocycles. The van der Waals surface area contributed by atoms with Crippen molar-refractivity contribution in [3.05, 3.63) is 60.2 Å². The molecule has 0 radical (unpaired) electrons. The van der Waals surface area contributed by atoms with Crippen LogP contribution in [0, 0.1) is 5.92 Å². The van der Waals surface area contributed by atoms with E-state index < -0.39 is 18.8 Å². The van der Waals surface area contributed by atoms with Crippen molar-refractivity contribution in [1.29, 1.82) is 0 Å². The molecule has 7 heteroatoms. The molecule has 1 aromatic rings. The normalized spacial score (nSPS) is 16.1. The first kappa shape index (κ1) is 22.4. The Labute approximate surface area is 159 Å². The Morgan fingerprint density at radius 1 is 1.19 bits per heavy atom. The van der Waals surface area contributed by atoms with E-state index in [9.17, 15) is 9.59 Å². The number of aldehydes is 1. The zero-order valence-corrected chi connectivity index (χ0v) is 18.1. The SMILES string of the molecule is C[SiH](C)OCC1C=CC=CC1=O.O=CCOC[SiH2]OCc1ccccc1. The number of hydrogen-bond donors (Lipinski definition) is 0. The maximum Gasteiger partial charge on any atom is 0.187 e. The van der Waals surface area contributed by atoms with Crippen LogP contribution in [0.1, 0.15) is 5.56 Å². The van der Waals surface area contributed by atoms with Gasteiger partial charge in [-0.15, -0.1) is 0 Å². The van der Waals surface area contributed by atoms with Gasteiger partial charge in [0.2, 0.25) is 0 Å². The maximum absolute atomic E-state index is 11.2. The minimum absolute atomic E-state index is 0.0371. The molecule has 0 N–H and O–H groups in total. The number of carbonyl (C=O) groups excluding carboxylic acids is 2. The highest BCUT2D eigenvalue weighted by atomic mass is 28.3. The standard InChI is InChI=1S/C10H14O3Si.C9H14O2Si/c11-6-7-12-9-14-13-8-10-4-2-1-3-5-10;1-12(2)11-7-8-5-3-4-6-9(8)10/h1-6H,7-9,14H2;3-6,8,12H,7H2,1-2H3. The zero-order valence-electron chi connectivity index (χ0n) is 15.5. The fraction of sp³-hybridized carbons (Fsp3) is 0.368. The Kier molecular flexibility index (Phi) is 12.5. The van der Waals surface area contributed by atoms with Gasteiger partial charge in [0, 0.05) is 6.61 Å². The Morgan fingerprint density at radius 3 is 2.62 bits per heavy atom. The molecule has 5 nitrogen and oxygen atoms in total. The quantitative estimate of drug-likeness (QED) is 0.345. The average molecular weight is 393 g/mol. The van der Waals surface area contributed by atoms with Crippen LogP contribution in [-0.2, 0) is 29.8 Å². The number of ether oxygens (including phenoxy) is 1. The first-order chi connectivity index (χ1) is 12.6. The number of hydrogen-bond acceptors (Lipinski definition) is 5. The third-order valence-corrected chi connectivity index (χ3v) is 5.17. The molecule has 1 atom stereocenters. The summed E-state index contributed by atoms with van der Waals surface area (Å²) in [6.45, 7) is 5.60. The predicted octanol–water partition coefficient (Wildman–Crippen LogP) is 1.76. The van der Waals surface area contributed by atoms with Gasteiger partial charge >= 0.3 is 0 Å². The summed E-state index contributed by atoms with van der Waals surface area (Å²) in [6, 6.07) is 10.0. The summed E-state index contributed by atoms with van der Waals surface area (Å²) in [5.74, 6) is 0.122. The van der Waals surface area contributed by atoms with Gasteiger partial charge in [-0.1, -0.05) is 48.6 Å². The highest BCUT2D eigenvalue weighted by Crippen LogP contribution is 2.08. The molecule has 2 rings (SSSR count). The molecule has 142 valence electrons. The molecule has 0 aromatic heterocycles. The van der Waals surface area contributed by atoms with E-state index in [2.05, 4.69) is 13.1 Å². The van der Waals surface area contributed by atoms with E-state index in [1.807, 2.05) is 42.5 Å². The molecule has 0 saturated heterocycles. The van der Waals surface area contributed by atoms with Crippen molar-refractivity contribution < 1.29 is 23.2 Å². The van der Waals surface area contributed by atoms with Crippen molar-refractivity contribution in [2.24, 2.45) is 5.92 Å².